The monoisotopic (exact) mass is 305 g/mol. The van der Waals surface area contributed by atoms with Crippen molar-refractivity contribution in [3.63, 3.8) is 0 Å². The van der Waals surface area contributed by atoms with Gasteiger partial charge in [-0.25, -0.2) is 0 Å². The van der Waals surface area contributed by atoms with Crippen LogP contribution in [0.1, 0.15) is 20.8 Å². The SMILES string of the molecule is CC(=O)N(C(C)=O)[C@]1(C(C)=O)C(O)O[C@H](CO)[C@@H](O)[C@@H]1O. The van der Waals surface area contributed by atoms with Crippen molar-refractivity contribution in [1.29, 1.82) is 0 Å². The Kier molecular flexibility index (Phi) is 5.18. The van der Waals surface area contributed by atoms with Crippen molar-refractivity contribution in [1.82, 2.24) is 4.90 Å². The van der Waals surface area contributed by atoms with Crippen LogP contribution in [-0.2, 0) is 19.1 Å². The van der Waals surface area contributed by atoms with Gasteiger partial charge < -0.3 is 25.2 Å². The van der Waals surface area contributed by atoms with Gasteiger partial charge >= 0.3 is 0 Å². The summed E-state index contributed by atoms with van der Waals surface area (Å²) in [6.07, 6.45) is -7.23. The number of hydrogen-bond donors (Lipinski definition) is 4. The maximum absolute atomic E-state index is 12.0. The van der Waals surface area contributed by atoms with Gasteiger partial charge in [-0.05, 0) is 6.92 Å². The maximum Gasteiger partial charge on any atom is 0.227 e. The molecule has 21 heavy (non-hydrogen) atoms. The van der Waals surface area contributed by atoms with E-state index in [0.29, 0.717) is 4.90 Å². The van der Waals surface area contributed by atoms with E-state index in [0.717, 1.165) is 20.8 Å². The summed E-state index contributed by atoms with van der Waals surface area (Å²) in [6, 6.07) is 0. The van der Waals surface area contributed by atoms with Crippen LogP contribution >= 0.6 is 0 Å². The molecule has 0 saturated carbocycles. The predicted octanol–water partition coefficient (Wildman–Crippen LogP) is -2.86. The summed E-state index contributed by atoms with van der Waals surface area (Å²) < 4.78 is 4.91. The van der Waals surface area contributed by atoms with Crippen molar-refractivity contribution in [2.75, 3.05) is 6.61 Å². The number of nitrogens with zero attached hydrogens (tertiary/aromatic N) is 1. The topological polar surface area (TPSA) is 145 Å². The number of ketones is 1. The number of carbonyl (C=O) groups is 3. The lowest BCUT2D eigenvalue weighted by Gasteiger charge is -2.51. The van der Waals surface area contributed by atoms with E-state index in [4.69, 9.17) is 9.84 Å². The van der Waals surface area contributed by atoms with E-state index >= 15 is 0 Å². The van der Waals surface area contributed by atoms with Crippen molar-refractivity contribution >= 4 is 17.6 Å². The summed E-state index contributed by atoms with van der Waals surface area (Å²) in [5.74, 6) is -2.76. The molecule has 0 radical (unpaired) electrons. The van der Waals surface area contributed by atoms with Crippen LogP contribution in [0, 0.1) is 0 Å². The molecule has 1 aliphatic rings. The average molecular weight is 305 g/mol. The third-order valence-corrected chi connectivity index (χ3v) is 3.58. The molecule has 1 saturated heterocycles. The zero-order valence-corrected chi connectivity index (χ0v) is 11.9. The van der Waals surface area contributed by atoms with Crippen molar-refractivity contribution in [2.45, 2.75) is 50.9 Å². The van der Waals surface area contributed by atoms with Gasteiger partial charge in [-0.15, -0.1) is 0 Å². The summed E-state index contributed by atoms with van der Waals surface area (Å²) in [5, 5.41) is 39.2. The Hall–Kier alpha value is -1.39. The predicted molar refractivity (Wildman–Crippen MR) is 66.6 cm³/mol. The van der Waals surface area contributed by atoms with E-state index in [-0.39, 0.29) is 0 Å². The van der Waals surface area contributed by atoms with Gasteiger partial charge in [0, 0.05) is 13.8 Å². The van der Waals surface area contributed by atoms with Crippen molar-refractivity contribution in [2.24, 2.45) is 0 Å². The van der Waals surface area contributed by atoms with Crippen molar-refractivity contribution in [3.05, 3.63) is 0 Å². The van der Waals surface area contributed by atoms with E-state index < -0.39 is 54.3 Å². The summed E-state index contributed by atoms with van der Waals surface area (Å²) in [5.41, 5.74) is -2.47. The third-order valence-electron chi connectivity index (χ3n) is 3.58. The number of aliphatic hydroxyl groups is 4. The molecule has 1 unspecified atom stereocenters. The second-order valence-corrected chi connectivity index (χ2v) is 4.90. The van der Waals surface area contributed by atoms with Gasteiger partial charge in [-0.3, -0.25) is 19.3 Å². The summed E-state index contributed by atoms with van der Waals surface area (Å²) in [4.78, 5) is 35.7. The quantitative estimate of drug-likeness (QED) is 0.436. The fraction of sp³-hybridized carbons (Fsp3) is 0.750. The smallest absolute Gasteiger partial charge is 0.227 e. The standard InChI is InChI=1S/C12H19NO8/c1-5(15)12(13(6(2)16)7(3)17)10(19)9(18)8(4-14)21-11(12)20/h8-11,14,18-20H,4H2,1-3H3/t8-,9-,10+,11?,12+/m1/s1. The van der Waals surface area contributed by atoms with Crippen LogP contribution in [0.4, 0.5) is 0 Å². The molecule has 1 aliphatic heterocycles. The lowest BCUT2D eigenvalue weighted by molar-refractivity contribution is -0.293. The van der Waals surface area contributed by atoms with Crippen LogP contribution in [0.5, 0.6) is 0 Å². The van der Waals surface area contributed by atoms with Gasteiger partial charge in [-0.2, -0.15) is 0 Å². The first-order valence-electron chi connectivity index (χ1n) is 6.25. The van der Waals surface area contributed by atoms with Gasteiger partial charge in [0.2, 0.25) is 11.8 Å². The van der Waals surface area contributed by atoms with Crippen molar-refractivity contribution in [3.8, 4) is 0 Å². The van der Waals surface area contributed by atoms with Gasteiger partial charge in [0.1, 0.15) is 18.3 Å². The Morgan fingerprint density at radius 3 is 1.90 bits per heavy atom. The van der Waals surface area contributed by atoms with Crippen LogP contribution in [0.25, 0.3) is 0 Å². The minimum atomic E-state index is -2.47. The normalized spacial score (nSPS) is 36.1. The van der Waals surface area contributed by atoms with Gasteiger partial charge in [0.25, 0.3) is 0 Å². The highest BCUT2D eigenvalue weighted by Gasteiger charge is 2.63. The molecule has 2 amide bonds. The van der Waals surface area contributed by atoms with E-state index in [2.05, 4.69) is 0 Å². The molecule has 1 heterocycles. The van der Waals surface area contributed by atoms with Gasteiger partial charge in [0.05, 0.1) is 6.61 Å². The summed E-state index contributed by atoms with van der Waals surface area (Å²) >= 11 is 0. The van der Waals surface area contributed by atoms with E-state index in [1.165, 1.54) is 0 Å². The first-order valence-corrected chi connectivity index (χ1v) is 6.25. The lowest BCUT2D eigenvalue weighted by atomic mass is 9.78. The Morgan fingerprint density at radius 1 is 1.10 bits per heavy atom. The first-order chi connectivity index (χ1) is 9.62. The Balaban J connectivity index is 3.48. The maximum atomic E-state index is 12.0. The van der Waals surface area contributed by atoms with Crippen molar-refractivity contribution < 1.29 is 39.5 Å². The van der Waals surface area contributed by atoms with Gasteiger partial charge in [0.15, 0.2) is 17.6 Å². The molecule has 0 aromatic carbocycles. The number of aliphatic hydroxyl groups excluding tert-OH is 4. The van der Waals surface area contributed by atoms with E-state index in [9.17, 15) is 29.7 Å². The number of carbonyl (C=O) groups excluding carboxylic acids is 3. The second kappa shape index (κ2) is 6.16. The average Bonchev–Trinajstić information content (AvgIpc) is 2.37. The van der Waals surface area contributed by atoms with Gasteiger partial charge in [-0.1, -0.05) is 0 Å². The molecule has 0 bridgehead atoms. The number of rotatable bonds is 3. The van der Waals surface area contributed by atoms with Crippen LogP contribution in [-0.4, -0.2) is 79.7 Å². The van der Waals surface area contributed by atoms with Crippen LogP contribution < -0.4 is 0 Å². The van der Waals surface area contributed by atoms with Crippen LogP contribution in [0.3, 0.4) is 0 Å². The molecule has 120 valence electrons. The number of imide groups is 1. The molecule has 9 heteroatoms. The highest BCUT2D eigenvalue weighted by atomic mass is 16.6. The molecule has 5 atom stereocenters. The molecule has 0 aromatic rings. The molecule has 0 spiro atoms. The summed E-state index contributed by atoms with van der Waals surface area (Å²) in [7, 11) is 0. The number of ether oxygens (including phenoxy) is 1. The Labute approximate surface area is 120 Å². The number of amides is 2. The van der Waals surface area contributed by atoms with E-state index in [1.54, 1.807) is 0 Å². The second-order valence-electron chi connectivity index (χ2n) is 4.90. The Morgan fingerprint density at radius 2 is 1.57 bits per heavy atom. The number of Topliss-reactive ketones (excluding diaryl/α,β-unsaturated/α-hetero) is 1. The van der Waals surface area contributed by atoms with E-state index in [1.807, 2.05) is 0 Å². The van der Waals surface area contributed by atoms with Crippen LogP contribution in [0.15, 0.2) is 0 Å². The molecule has 1 rings (SSSR count). The zero-order valence-electron chi connectivity index (χ0n) is 11.9. The third kappa shape index (κ3) is 2.58. The molecule has 0 aromatic heterocycles. The molecule has 0 aliphatic carbocycles. The fourth-order valence-electron chi connectivity index (χ4n) is 2.64. The summed E-state index contributed by atoms with van der Waals surface area (Å²) in [6.45, 7) is 2.15. The molecule has 9 nitrogen and oxygen atoms in total. The molecular formula is C12H19NO8. The van der Waals surface area contributed by atoms with Crippen LogP contribution in [0.2, 0.25) is 0 Å². The first kappa shape index (κ1) is 17.7. The minimum Gasteiger partial charge on any atom is -0.394 e. The number of hydrogen-bond acceptors (Lipinski definition) is 8. The minimum absolute atomic E-state index is 0.363. The fourth-order valence-corrected chi connectivity index (χ4v) is 2.64. The molecule has 4 N–H and O–H groups in total. The highest BCUT2D eigenvalue weighted by molar-refractivity contribution is 6.02. The Bertz CT molecular complexity index is 439. The molecule has 1 fully saturated rings. The zero-order chi connectivity index (χ0) is 16.5. The highest BCUT2D eigenvalue weighted by Crippen LogP contribution is 2.35. The largest absolute Gasteiger partial charge is 0.394 e. The molecular weight excluding hydrogens is 286 g/mol. The lowest BCUT2D eigenvalue weighted by Crippen LogP contribution is -2.77.